The molecule has 0 amide bonds. The number of aromatic nitrogens is 3. The van der Waals surface area contributed by atoms with Crippen LogP contribution in [0.5, 0.6) is 0 Å². The molecule has 5 nitrogen and oxygen atoms in total. The van der Waals surface area contributed by atoms with Crippen molar-refractivity contribution in [2.24, 2.45) is 0 Å². The highest BCUT2D eigenvalue weighted by molar-refractivity contribution is 7.09. The molecule has 24 heavy (non-hydrogen) atoms. The number of benzene rings is 1. The van der Waals surface area contributed by atoms with Crippen LogP contribution in [0.2, 0.25) is 0 Å². The third kappa shape index (κ3) is 3.24. The minimum atomic E-state index is -0.232. The molecular weight excluding hydrogens is 327 g/mol. The van der Waals surface area contributed by atoms with Gasteiger partial charge < -0.3 is 14.6 Å². The number of halogens is 1. The highest BCUT2D eigenvalue weighted by Crippen LogP contribution is 2.25. The van der Waals surface area contributed by atoms with Gasteiger partial charge in [-0.25, -0.2) is 14.4 Å². The summed E-state index contributed by atoms with van der Waals surface area (Å²) in [6, 6.07) is 6.51. The van der Waals surface area contributed by atoms with Gasteiger partial charge in [0, 0.05) is 24.7 Å². The van der Waals surface area contributed by atoms with E-state index in [4.69, 9.17) is 4.74 Å². The van der Waals surface area contributed by atoms with Gasteiger partial charge in [0.05, 0.1) is 24.5 Å². The lowest BCUT2D eigenvalue weighted by molar-refractivity contribution is 0.00325. The molecule has 0 saturated carbocycles. The van der Waals surface area contributed by atoms with Crippen LogP contribution in [-0.2, 0) is 24.4 Å². The second kappa shape index (κ2) is 6.80. The minimum absolute atomic E-state index is 0.0749. The lowest BCUT2D eigenvalue weighted by Gasteiger charge is -2.26. The number of nitrogens with one attached hydrogen (secondary N) is 1. The first kappa shape index (κ1) is 15.4. The summed E-state index contributed by atoms with van der Waals surface area (Å²) in [5, 5.41) is 6.43. The lowest BCUT2D eigenvalue weighted by atomic mass is 10.1. The first-order valence-corrected chi connectivity index (χ1v) is 8.68. The Labute approximate surface area is 143 Å². The quantitative estimate of drug-likeness (QED) is 0.773. The fraction of sp³-hybridized carbons (Fsp3) is 0.294. The van der Waals surface area contributed by atoms with Crippen LogP contribution >= 0.6 is 11.3 Å². The Balaban J connectivity index is 1.44. The molecule has 124 valence electrons. The third-order valence-electron chi connectivity index (χ3n) is 4.04. The van der Waals surface area contributed by atoms with Crippen molar-refractivity contribution >= 4 is 11.3 Å². The standard InChI is InChI=1S/C17H17FN4OS/c18-13-3-1-12(2-4-13)15-8-21-16-11-23-14(10-22(15)16)7-19-9-17-20-5-6-24-17/h1-6,8,14,19H,7,9-11H2/t14-/m0/s1. The van der Waals surface area contributed by atoms with Crippen molar-refractivity contribution in [3.8, 4) is 11.3 Å². The van der Waals surface area contributed by atoms with Crippen LogP contribution in [0.4, 0.5) is 4.39 Å². The van der Waals surface area contributed by atoms with E-state index in [-0.39, 0.29) is 11.9 Å². The average Bonchev–Trinajstić information content (AvgIpc) is 3.25. The molecule has 0 radical (unpaired) electrons. The predicted molar refractivity (Wildman–Crippen MR) is 90.0 cm³/mol. The molecule has 4 rings (SSSR count). The second-order valence-corrected chi connectivity index (χ2v) is 6.65. The highest BCUT2D eigenvalue weighted by Gasteiger charge is 2.22. The average molecular weight is 344 g/mol. The van der Waals surface area contributed by atoms with Gasteiger partial charge in [-0.2, -0.15) is 0 Å². The Hall–Kier alpha value is -2.09. The monoisotopic (exact) mass is 344 g/mol. The molecule has 0 aliphatic carbocycles. The first-order chi connectivity index (χ1) is 11.8. The molecule has 3 aromatic rings. The summed E-state index contributed by atoms with van der Waals surface area (Å²) in [6.07, 6.45) is 3.72. The summed E-state index contributed by atoms with van der Waals surface area (Å²) in [4.78, 5) is 8.68. The van der Waals surface area contributed by atoms with Crippen LogP contribution in [0.15, 0.2) is 42.0 Å². The van der Waals surface area contributed by atoms with Gasteiger partial charge in [-0.3, -0.25) is 0 Å². The Morgan fingerprint density at radius 3 is 2.96 bits per heavy atom. The lowest BCUT2D eigenvalue weighted by Crippen LogP contribution is -2.36. The number of hydrogen-bond acceptors (Lipinski definition) is 5. The number of nitrogens with zero attached hydrogens (tertiary/aromatic N) is 3. The topological polar surface area (TPSA) is 52.0 Å². The molecule has 1 aliphatic rings. The largest absolute Gasteiger partial charge is 0.367 e. The molecule has 1 N–H and O–H groups in total. The van der Waals surface area contributed by atoms with Crippen molar-refractivity contribution in [3.05, 3.63) is 58.7 Å². The van der Waals surface area contributed by atoms with Crippen LogP contribution in [0.3, 0.4) is 0 Å². The van der Waals surface area contributed by atoms with Crippen molar-refractivity contribution in [3.63, 3.8) is 0 Å². The number of fused-ring (bicyclic) bond motifs is 1. The molecule has 0 fully saturated rings. The Morgan fingerprint density at radius 1 is 1.29 bits per heavy atom. The van der Waals surface area contributed by atoms with Gasteiger partial charge in [0.15, 0.2) is 0 Å². The SMILES string of the molecule is Fc1ccc(-c2cnc3n2C[C@H](CNCc2nccs2)OC3)cc1. The molecule has 0 saturated heterocycles. The van der Waals surface area contributed by atoms with Gasteiger partial charge in [0.2, 0.25) is 0 Å². The van der Waals surface area contributed by atoms with E-state index >= 15 is 0 Å². The summed E-state index contributed by atoms with van der Waals surface area (Å²) >= 11 is 1.64. The molecule has 1 aliphatic heterocycles. The Kier molecular flexibility index (Phi) is 4.38. The number of thiazole rings is 1. The molecular formula is C17H17FN4OS. The fourth-order valence-corrected chi connectivity index (χ4v) is 3.42. The van der Waals surface area contributed by atoms with Crippen molar-refractivity contribution in [1.82, 2.24) is 19.9 Å². The Bertz CT molecular complexity index is 801. The van der Waals surface area contributed by atoms with Gasteiger partial charge in [-0.05, 0) is 29.8 Å². The molecule has 2 aromatic heterocycles. The molecule has 0 spiro atoms. The van der Waals surface area contributed by atoms with E-state index in [1.807, 2.05) is 17.8 Å². The van der Waals surface area contributed by atoms with Crippen LogP contribution < -0.4 is 5.32 Å². The third-order valence-corrected chi connectivity index (χ3v) is 4.82. The zero-order valence-corrected chi connectivity index (χ0v) is 13.8. The maximum absolute atomic E-state index is 13.1. The molecule has 1 atom stereocenters. The normalized spacial score (nSPS) is 17.0. The second-order valence-electron chi connectivity index (χ2n) is 5.67. The van der Waals surface area contributed by atoms with E-state index in [2.05, 4.69) is 19.9 Å². The fourth-order valence-electron chi connectivity index (χ4n) is 2.84. The zero-order valence-electron chi connectivity index (χ0n) is 13.0. The van der Waals surface area contributed by atoms with E-state index in [0.29, 0.717) is 6.61 Å². The van der Waals surface area contributed by atoms with Crippen molar-refractivity contribution in [2.75, 3.05) is 6.54 Å². The van der Waals surface area contributed by atoms with Crippen LogP contribution in [-0.4, -0.2) is 27.2 Å². The van der Waals surface area contributed by atoms with E-state index in [1.165, 1.54) is 12.1 Å². The van der Waals surface area contributed by atoms with Crippen molar-refractivity contribution < 1.29 is 9.13 Å². The van der Waals surface area contributed by atoms with Crippen LogP contribution in [0, 0.1) is 5.82 Å². The number of rotatable bonds is 5. The van der Waals surface area contributed by atoms with Gasteiger partial charge in [0.1, 0.15) is 23.3 Å². The number of hydrogen-bond donors (Lipinski definition) is 1. The van der Waals surface area contributed by atoms with Gasteiger partial charge in [-0.15, -0.1) is 11.3 Å². The summed E-state index contributed by atoms with van der Waals surface area (Å²) < 4.78 is 21.2. The number of ether oxygens (including phenoxy) is 1. The van der Waals surface area contributed by atoms with E-state index in [9.17, 15) is 4.39 Å². The minimum Gasteiger partial charge on any atom is -0.367 e. The maximum atomic E-state index is 13.1. The van der Waals surface area contributed by atoms with Gasteiger partial charge in [-0.1, -0.05) is 0 Å². The molecule has 1 aromatic carbocycles. The van der Waals surface area contributed by atoms with E-state index in [1.54, 1.807) is 23.5 Å². The van der Waals surface area contributed by atoms with Crippen LogP contribution in [0.25, 0.3) is 11.3 Å². The van der Waals surface area contributed by atoms with Gasteiger partial charge >= 0.3 is 0 Å². The van der Waals surface area contributed by atoms with Crippen molar-refractivity contribution in [2.45, 2.75) is 25.8 Å². The molecule has 0 unspecified atom stereocenters. The summed E-state index contributed by atoms with van der Waals surface area (Å²) in [7, 11) is 0. The predicted octanol–water partition coefficient (Wildman–Crippen LogP) is 2.83. The highest BCUT2D eigenvalue weighted by atomic mass is 32.1. The van der Waals surface area contributed by atoms with Crippen molar-refractivity contribution in [1.29, 1.82) is 0 Å². The Morgan fingerprint density at radius 2 is 2.17 bits per heavy atom. The molecule has 3 heterocycles. The maximum Gasteiger partial charge on any atom is 0.135 e. The summed E-state index contributed by atoms with van der Waals surface area (Å²) in [5.74, 6) is 0.676. The van der Waals surface area contributed by atoms with Crippen LogP contribution in [0.1, 0.15) is 10.8 Å². The smallest absolute Gasteiger partial charge is 0.135 e. The molecule has 7 heteroatoms. The molecule has 0 bridgehead atoms. The zero-order chi connectivity index (χ0) is 16.4. The first-order valence-electron chi connectivity index (χ1n) is 7.80. The van der Waals surface area contributed by atoms with Gasteiger partial charge in [0.25, 0.3) is 0 Å². The van der Waals surface area contributed by atoms with E-state index in [0.717, 1.165) is 41.7 Å². The van der Waals surface area contributed by atoms with E-state index < -0.39 is 0 Å². The summed E-state index contributed by atoms with van der Waals surface area (Å²) in [5.41, 5.74) is 1.96. The summed E-state index contributed by atoms with van der Waals surface area (Å²) in [6.45, 7) is 2.72. The number of imidazole rings is 1.